The molecule has 0 spiro atoms. The van der Waals surface area contributed by atoms with Crippen LogP contribution in [-0.2, 0) is 0 Å². The van der Waals surface area contributed by atoms with Gasteiger partial charge in [0.25, 0.3) is 0 Å². The van der Waals surface area contributed by atoms with E-state index in [0.29, 0.717) is 10.8 Å². The zero-order chi connectivity index (χ0) is 15.8. The van der Waals surface area contributed by atoms with E-state index < -0.39 is 0 Å². The first-order valence-corrected chi connectivity index (χ1v) is 9.97. The Morgan fingerprint density at radius 2 is 1.55 bits per heavy atom. The minimum Gasteiger partial charge on any atom is -0.393 e. The van der Waals surface area contributed by atoms with Gasteiger partial charge in [-0.2, -0.15) is 0 Å². The van der Waals surface area contributed by atoms with Crippen molar-refractivity contribution in [3.05, 3.63) is 0 Å². The van der Waals surface area contributed by atoms with Crippen LogP contribution in [0.15, 0.2) is 0 Å². The maximum absolute atomic E-state index is 10.6. The highest BCUT2D eigenvalue weighted by Gasteiger charge is 2.61. The highest BCUT2D eigenvalue weighted by molar-refractivity contribution is 5.10. The average Bonchev–Trinajstić information content (AvgIpc) is 2.85. The molecule has 4 fully saturated rings. The number of rotatable bonds is 0. The fourth-order valence-corrected chi connectivity index (χ4v) is 8.08. The van der Waals surface area contributed by atoms with Gasteiger partial charge in [0.1, 0.15) is 0 Å². The summed E-state index contributed by atoms with van der Waals surface area (Å²) in [6.07, 6.45) is 12.5. The lowest BCUT2D eigenvalue weighted by Crippen LogP contribution is -2.58. The third-order valence-corrected chi connectivity index (χ3v) is 9.36. The van der Waals surface area contributed by atoms with Crippen molar-refractivity contribution in [3.63, 3.8) is 0 Å². The molecule has 22 heavy (non-hydrogen) atoms. The average molecular weight is 305 g/mol. The molecule has 4 saturated carbocycles. The highest BCUT2D eigenvalue weighted by Crippen LogP contribution is 2.68. The summed E-state index contributed by atoms with van der Waals surface area (Å²) < 4.78 is 0. The number of hydrogen-bond acceptors (Lipinski definition) is 1. The first-order chi connectivity index (χ1) is 10.3. The van der Waals surface area contributed by atoms with Gasteiger partial charge in [-0.25, -0.2) is 0 Å². The summed E-state index contributed by atoms with van der Waals surface area (Å²) in [5.74, 6) is 3.68. The van der Waals surface area contributed by atoms with Gasteiger partial charge >= 0.3 is 0 Å². The molecule has 4 aliphatic rings. The summed E-state index contributed by atoms with van der Waals surface area (Å²) in [6.45, 7) is 9.91. The Hall–Kier alpha value is -0.0400. The molecule has 0 aliphatic heterocycles. The van der Waals surface area contributed by atoms with Gasteiger partial charge in [-0.1, -0.05) is 34.1 Å². The minimum absolute atomic E-state index is 0.0811. The Morgan fingerprint density at radius 3 is 2.32 bits per heavy atom. The zero-order valence-corrected chi connectivity index (χ0v) is 15.2. The van der Waals surface area contributed by atoms with E-state index in [0.717, 1.165) is 30.1 Å². The van der Waals surface area contributed by atoms with E-state index in [1.165, 1.54) is 51.4 Å². The van der Waals surface area contributed by atoms with Crippen LogP contribution < -0.4 is 0 Å². The van der Waals surface area contributed by atoms with E-state index in [1.807, 2.05) is 0 Å². The van der Waals surface area contributed by atoms with E-state index in [1.54, 1.807) is 0 Å². The third-order valence-electron chi connectivity index (χ3n) is 9.36. The van der Waals surface area contributed by atoms with Crippen LogP contribution in [0.4, 0.5) is 0 Å². The van der Waals surface area contributed by atoms with Crippen molar-refractivity contribution in [1.82, 2.24) is 0 Å². The van der Waals surface area contributed by atoms with Gasteiger partial charge in [0.05, 0.1) is 6.10 Å². The fraction of sp³-hybridized carbons (Fsp3) is 1.00. The molecule has 0 heterocycles. The lowest BCUT2D eigenvalue weighted by Gasteiger charge is -2.64. The van der Waals surface area contributed by atoms with E-state index in [4.69, 9.17) is 0 Å². The van der Waals surface area contributed by atoms with Gasteiger partial charge in [0.2, 0.25) is 0 Å². The Kier molecular flexibility index (Phi) is 3.34. The molecule has 126 valence electrons. The molecule has 1 N–H and O–H groups in total. The van der Waals surface area contributed by atoms with Crippen LogP contribution in [-0.4, -0.2) is 11.2 Å². The highest BCUT2D eigenvalue weighted by atomic mass is 16.3. The third kappa shape index (κ3) is 1.87. The first-order valence-electron chi connectivity index (χ1n) is 9.97. The summed E-state index contributed by atoms with van der Waals surface area (Å²) >= 11 is 0. The van der Waals surface area contributed by atoms with Crippen LogP contribution in [0.3, 0.4) is 0 Å². The zero-order valence-electron chi connectivity index (χ0n) is 15.2. The topological polar surface area (TPSA) is 20.2 Å². The van der Waals surface area contributed by atoms with Gasteiger partial charge in [0.15, 0.2) is 0 Å². The Labute approximate surface area is 137 Å². The Balaban J connectivity index is 1.67. The maximum atomic E-state index is 10.6. The van der Waals surface area contributed by atoms with Crippen molar-refractivity contribution in [1.29, 1.82) is 0 Å². The predicted molar refractivity (Wildman–Crippen MR) is 91.5 cm³/mol. The molecule has 0 bridgehead atoms. The first kappa shape index (κ1) is 15.5. The molecule has 0 amide bonds. The number of aliphatic hydroxyl groups is 1. The van der Waals surface area contributed by atoms with Crippen molar-refractivity contribution < 1.29 is 5.11 Å². The molecule has 1 nitrogen and oxygen atoms in total. The lowest BCUT2D eigenvalue weighted by molar-refractivity contribution is -0.175. The summed E-state index contributed by atoms with van der Waals surface area (Å²) in [5, 5.41) is 10.6. The fourth-order valence-electron chi connectivity index (χ4n) is 8.08. The van der Waals surface area contributed by atoms with E-state index >= 15 is 0 Å². The van der Waals surface area contributed by atoms with Crippen LogP contribution in [0.5, 0.6) is 0 Å². The summed E-state index contributed by atoms with van der Waals surface area (Å²) in [7, 11) is 0. The van der Waals surface area contributed by atoms with Gasteiger partial charge < -0.3 is 5.11 Å². The molecule has 0 saturated heterocycles. The quantitative estimate of drug-likeness (QED) is 0.634. The van der Waals surface area contributed by atoms with E-state index in [2.05, 4.69) is 27.7 Å². The van der Waals surface area contributed by atoms with E-state index in [9.17, 15) is 5.11 Å². The molecular weight excluding hydrogens is 268 g/mol. The Morgan fingerprint density at radius 1 is 0.773 bits per heavy atom. The van der Waals surface area contributed by atoms with Crippen molar-refractivity contribution in [2.75, 3.05) is 0 Å². The lowest BCUT2D eigenvalue weighted by atomic mass is 9.41. The molecule has 0 aromatic carbocycles. The molecule has 7 atom stereocenters. The van der Waals surface area contributed by atoms with Gasteiger partial charge in [-0.15, -0.1) is 0 Å². The molecule has 0 unspecified atom stereocenters. The van der Waals surface area contributed by atoms with Crippen molar-refractivity contribution in [3.8, 4) is 0 Å². The van der Waals surface area contributed by atoms with E-state index in [-0.39, 0.29) is 11.5 Å². The standard InChI is InChI=1S/C21H36O/c1-19(2)17-8-7-14-15-6-5-11-20(15,3)12-9-16(14)21(17,4)13-10-18(19)22/h14-18,22H,5-13H2,1-4H3/t14-,15-,16-,17-,18-,20-,21+/m0/s1. The summed E-state index contributed by atoms with van der Waals surface area (Å²) in [5.41, 5.74) is 1.29. The van der Waals surface area contributed by atoms with Crippen LogP contribution in [0, 0.1) is 39.9 Å². The number of fused-ring (bicyclic) bond motifs is 5. The van der Waals surface area contributed by atoms with Crippen LogP contribution in [0.25, 0.3) is 0 Å². The predicted octanol–water partition coefficient (Wildman–Crippen LogP) is 5.42. The minimum atomic E-state index is -0.0811. The van der Waals surface area contributed by atoms with Crippen molar-refractivity contribution in [2.45, 2.75) is 91.6 Å². The van der Waals surface area contributed by atoms with Crippen LogP contribution in [0.1, 0.15) is 85.5 Å². The molecule has 0 aromatic heterocycles. The SMILES string of the molecule is CC1(C)[C@@H](O)CC[C@]2(C)[C@H]3CC[C@]4(C)CCC[C@H]4[C@@H]3CC[C@@H]12. The van der Waals surface area contributed by atoms with Gasteiger partial charge in [0, 0.05) is 0 Å². The second-order valence-corrected chi connectivity index (χ2v) is 10.5. The molecular formula is C21H36O. The summed E-state index contributed by atoms with van der Waals surface area (Å²) in [6, 6.07) is 0. The molecule has 0 radical (unpaired) electrons. The molecule has 0 aromatic rings. The van der Waals surface area contributed by atoms with Crippen molar-refractivity contribution in [2.24, 2.45) is 39.9 Å². The monoisotopic (exact) mass is 304 g/mol. The van der Waals surface area contributed by atoms with Crippen molar-refractivity contribution >= 4 is 0 Å². The second kappa shape index (κ2) is 4.74. The normalized spacial score (nSPS) is 56.9. The largest absolute Gasteiger partial charge is 0.393 e. The molecule has 4 aliphatic carbocycles. The summed E-state index contributed by atoms with van der Waals surface area (Å²) in [4.78, 5) is 0. The second-order valence-electron chi connectivity index (χ2n) is 10.5. The smallest absolute Gasteiger partial charge is 0.0594 e. The Bertz CT molecular complexity index is 455. The van der Waals surface area contributed by atoms with Crippen LogP contribution in [0.2, 0.25) is 0 Å². The van der Waals surface area contributed by atoms with Gasteiger partial charge in [-0.05, 0) is 91.3 Å². The number of hydrogen-bond donors (Lipinski definition) is 1. The molecule has 1 heteroatoms. The van der Waals surface area contributed by atoms with Crippen LogP contribution >= 0.6 is 0 Å². The number of aliphatic hydroxyl groups excluding tert-OH is 1. The maximum Gasteiger partial charge on any atom is 0.0594 e. The molecule has 4 rings (SSSR count). The van der Waals surface area contributed by atoms with Gasteiger partial charge in [-0.3, -0.25) is 0 Å².